The minimum Gasteiger partial charge on any atom is -0.379 e. The van der Waals surface area contributed by atoms with Gasteiger partial charge in [0.1, 0.15) is 0 Å². The van der Waals surface area contributed by atoms with Crippen LogP contribution < -0.4 is 0 Å². The van der Waals surface area contributed by atoms with Crippen molar-refractivity contribution in [3.05, 3.63) is 70.7 Å². The van der Waals surface area contributed by atoms with E-state index in [9.17, 15) is 4.79 Å². The molecule has 3 rings (SSSR count). The summed E-state index contributed by atoms with van der Waals surface area (Å²) in [4.78, 5) is 17.1. The number of hydrogen-bond acceptors (Lipinski definition) is 3. The molecular weight excluding hydrogens is 360 g/mol. The van der Waals surface area contributed by atoms with Crippen molar-refractivity contribution in [3.63, 3.8) is 0 Å². The van der Waals surface area contributed by atoms with Gasteiger partial charge in [0.05, 0.1) is 13.2 Å². The minimum atomic E-state index is 0.0294. The van der Waals surface area contributed by atoms with E-state index >= 15 is 0 Å². The molecule has 1 aliphatic rings. The Morgan fingerprint density at radius 1 is 1.07 bits per heavy atom. The van der Waals surface area contributed by atoms with Crippen molar-refractivity contribution in [1.82, 2.24) is 9.80 Å². The van der Waals surface area contributed by atoms with Crippen LogP contribution in [0.4, 0.5) is 0 Å². The SMILES string of the molecule is CN(CCN1CCOCC1)C(=O)C[C@H](c1ccccc1)c1ccc(Cl)cc1. The largest absolute Gasteiger partial charge is 0.379 e. The first-order chi connectivity index (χ1) is 13.1. The second-order valence-electron chi connectivity index (χ2n) is 6.99. The molecule has 4 nitrogen and oxygen atoms in total. The van der Waals surface area contributed by atoms with Crippen LogP contribution in [0.5, 0.6) is 0 Å². The molecule has 5 heteroatoms. The fourth-order valence-electron chi connectivity index (χ4n) is 3.38. The molecule has 0 saturated carbocycles. The molecule has 0 spiro atoms. The average molecular weight is 387 g/mol. The highest BCUT2D eigenvalue weighted by molar-refractivity contribution is 6.30. The molecule has 0 radical (unpaired) electrons. The Hall–Kier alpha value is -1.88. The fourth-order valence-corrected chi connectivity index (χ4v) is 3.51. The van der Waals surface area contributed by atoms with Crippen LogP contribution in [0.3, 0.4) is 0 Å². The standard InChI is InChI=1S/C22H27ClN2O2/c1-24(11-12-25-13-15-27-16-14-25)22(26)17-21(18-5-3-2-4-6-18)19-7-9-20(23)10-8-19/h2-10,21H,11-17H2,1H3/t21-/m1/s1. The van der Waals surface area contributed by atoms with Crippen molar-refractivity contribution in [3.8, 4) is 0 Å². The van der Waals surface area contributed by atoms with Crippen molar-refractivity contribution in [2.24, 2.45) is 0 Å². The van der Waals surface area contributed by atoms with E-state index in [1.807, 2.05) is 54.4 Å². The molecule has 2 aromatic carbocycles. The monoisotopic (exact) mass is 386 g/mol. The van der Waals surface area contributed by atoms with Crippen LogP contribution in [0, 0.1) is 0 Å². The number of morpholine rings is 1. The zero-order valence-electron chi connectivity index (χ0n) is 15.8. The van der Waals surface area contributed by atoms with Gasteiger partial charge in [-0.2, -0.15) is 0 Å². The van der Waals surface area contributed by atoms with Crippen LogP contribution in [-0.4, -0.2) is 62.1 Å². The van der Waals surface area contributed by atoms with Gasteiger partial charge in [-0.1, -0.05) is 54.1 Å². The van der Waals surface area contributed by atoms with Crippen LogP contribution in [0.2, 0.25) is 5.02 Å². The maximum atomic E-state index is 12.9. The predicted octanol–water partition coefficient (Wildman–Crippen LogP) is 3.65. The van der Waals surface area contributed by atoms with Crippen molar-refractivity contribution in [2.75, 3.05) is 46.4 Å². The van der Waals surface area contributed by atoms with Crippen molar-refractivity contribution >= 4 is 17.5 Å². The van der Waals surface area contributed by atoms with Crippen molar-refractivity contribution in [1.29, 1.82) is 0 Å². The number of hydrogen-bond donors (Lipinski definition) is 0. The number of carbonyl (C=O) groups excluding carboxylic acids is 1. The first-order valence-electron chi connectivity index (χ1n) is 9.48. The molecule has 1 fully saturated rings. The average Bonchev–Trinajstić information content (AvgIpc) is 2.72. The molecule has 144 valence electrons. The third-order valence-electron chi connectivity index (χ3n) is 5.13. The van der Waals surface area contributed by atoms with Crippen LogP contribution in [0.1, 0.15) is 23.5 Å². The van der Waals surface area contributed by atoms with E-state index < -0.39 is 0 Å². The lowest BCUT2D eigenvalue weighted by atomic mass is 9.88. The molecule has 0 aromatic heterocycles. The smallest absolute Gasteiger partial charge is 0.223 e. The number of nitrogens with zero attached hydrogens (tertiary/aromatic N) is 2. The van der Waals surface area contributed by atoms with Gasteiger partial charge in [0.25, 0.3) is 0 Å². The lowest BCUT2D eigenvalue weighted by Gasteiger charge is -2.29. The van der Waals surface area contributed by atoms with Gasteiger partial charge in [-0.15, -0.1) is 0 Å². The molecule has 1 heterocycles. The molecule has 1 saturated heterocycles. The lowest BCUT2D eigenvalue weighted by molar-refractivity contribution is -0.130. The molecular formula is C22H27ClN2O2. The third kappa shape index (κ3) is 5.80. The predicted molar refractivity (Wildman–Crippen MR) is 109 cm³/mol. The van der Waals surface area contributed by atoms with Crippen LogP contribution in [-0.2, 0) is 9.53 Å². The molecule has 27 heavy (non-hydrogen) atoms. The van der Waals surface area contributed by atoms with E-state index in [2.05, 4.69) is 17.0 Å². The molecule has 1 aliphatic heterocycles. The van der Waals surface area contributed by atoms with Gasteiger partial charge in [0, 0.05) is 50.6 Å². The summed E-state index contributed by atoms with van der Waals surface area (Å²) in [5, 5.41) is 0.708. The second kappa shape index (κ2) is 9.88. The van der Waals surface area contributed by atoms with Gasteiger partial charge < -0.3 is 9.64 Å². The highest BCUT2D eigenvalue weighted by atomic mass is 35.5. The highest BCUT2D eigenvalue weighted by Gasteiger charge is 2.21. The van der Waals surface area contributed by atoms with Crippen molar-refractivity contribution < 1.29 is 9.53 Å². The number of halogens is 1. The molecule has 2 aromatic rings. The zero-order chi connectivity index (χ0) is 19.1. The molecule has 0 N–H and O–H groups in total. The maximum Gasteiger partial charge on any atom is 0.223 e. The first kappa shape index (κ1) is 19.9. The Bertz CT molecular complexity index is 715. The van der Waals surface area contributed by atoms with E-state index in [0.717, 1.165) is 50.5 Å². The summed E-state index contributed by atoms with van der Waals surface area (Å²) in [7, 11) is 1.90. The van der Waals surface area contributed by atoms with E-state index in [1.54, 1.807) is 0 Å². The van der Waals surface area contributed by atoms with Crippen LogP contribution in [0.25, 0.3) is 0 Å². The minimum absolute atomic E-state index is 0.0294. The number of likely N-dealkylation sites (N-methyl/N-ethyl adjacent to an activating group) is 1. The van der Waals surface area contributed by atoms with E-state index in [-0.39, 0.29) is 11.8 Å². The summed E-state index contributed by atoms with van der Waals surface area (Å²) in [6, 6.07) is 18.0. The summed E-state index contributed by atoms with van der Waals surface area (Å²) < 4.78 is 5.38. The number of benzene rings is 2. The molecule has 0 aliphatic carbocycles. The first-order valence-corrected chi connectivity index (χ1v) is 9.86. The number of amides is 1. The summed E-state index contributed by atoms with van der Waals surface area (Å²) in [6.07, 6.45) is 0.450. The molecule has 1 atom stereocenters. The third-order valence-corrected chi connectivity index (χ3v) is 5.39. The maximum absolute atomic E-state index is 12.9. The van der Waals surface area contributed by atoms with Gasteiger partial charge in [-0.3, -0.25) is 9.69 Å². The van der Waals surface area contributed by atoms with E-state index in [1.165, 1.54) is 0 Å². The molecule has 1 amide bonds. The topological polar surface area (TPSA) is 32.8 Å². The van der Waals surface area contributed by atoms with Crippen LogP contribution in [0.15, 0.2) is 54.6 Å². The van der Waals surface area contributed by atoms with Gasteiger partial charge in [-0.25, -0.2) is 0 Å². The highest BCUT2D eigenvalue weighted by Crippen LogP contribution is 2.29. The van der Waals surface area contributed by atoms with Gasteiger partial charge >= 0.3 is 0 Å². The van der Waals surface area contributed by atoms with E-state index in [0.29, 0.717) is 11.4 Å². The Labute approximate surface area is 166 Å². The fraction of sp³-hybridized carbons (Fsp3) is 0.409. The quantitative estimate of drug-likeness (QED) is 0.728. The molecule has 0 unspecified atom stereocenters. The van der Waals surface area contributed by atoms with Crippen molar-refractivity contribution in [2.45, 2.75) is 12.3 Å². The Balaban J connectivity index is 1.65. The number of rotatable bonds is 7. The summed E-state index contributed by atoms with van der Waals surface area (Å²) in [5.74, 6) is 0.189. The number of carbonyl (C=O) groups is 1. The summed E-state index contributed by atoms with van der Waals surface area (Å²) >= 11 is 6.04. The zero-order valence-corrected chi connectivity index (χ0v) is 16.6. The summed E-state index contributed by atoms with van der Waals surface area (Å²) in [6.45, 7) is 5.08. The van der Waals surface area contributed by atoms with Gasteiger partial charge in [0.2, 0.25) is 5.91 Å². The Kier molecular flexibility index (Phi) is 7.27. The Morgan fingerprint density at radius 3 is 2.37 bits per heavy atom. The van der Waals surface area contributed by atoms with Gasteiger partial charge in [-0.05, 0) is 23.3 Å². The Morgan fingerprint density at radius 2 is 1.70 bits per heavy atom. The molecule has 0 bridgehead atoms. The van der Waals surface area contributed by atoms with Gasteiger partial charge in [0.15, 0.2) is 0 Å². The lowest BCUT2D eigenvalue weighted by Crippen LogP contribution is -2.42. The number of ether oxygens (including phenoxy) is 1. The normalized spacial score (nSPS) is 16.1. The summed E-state index contributed by atoms with van der Waals surface area (Å²) in [5.41, 5.74) is 2.26. The van der Waals surface area contributed by atoms with E-state index in [4.69, 9.17) is 16.3 Å². The second-order valence-corrected chi connectivity index (χ2v) is 7.42. The van der Waals surface area contributed by atoms with Crippen LogP contribution >= 0.6 is 11.6 Å².